The lowest BCUT2D eigenvalue weighted by Crippen LogP contribution is -2.49. The highest BCUT2D eigenvalue weighted by atomic mass is 19.4. The smallest absolute Gasteiger partial charge is 0.475 e. The molecule has 3 N–H and O–H groups in total. The van der Waals surface area contributed by atoms with Crippen LogP contribution in [0.1, 0.15) is 32.1 Å². The van der Waals surface area contributed by atoms with Gasteiger partial charge in [0.1, 0.15) is 0 Å². The third-order valence-electron chi connectivity index (χ3n) is 6.12. The zero-order valence-corrected chi connectivity index (χ0v) is 20.6. The number of carbonyl (C=O) groups is 2. The molecule has 2 unspecified atom stereocenters. The Morgan fingerprint density at radius 1 is 1.05 bits per heavy atom. The van der Waals surface area contributed by atoms with Gasteiger partial charge in [0.15, 0.2) is 5.82 Å². The first-order chi connectivity index (χ1) is 18.1. The molecular formula is C22H29F7N4O6. The van der Waals surface area contributed by atoms with E-state index >= 15 is 0 Å². The highest BCUT2D eigenvalue weighted by Crippen LogP contribution is 2.36. The molecule has 0 saturated carbocycles. The lowest BCUT2D eigenvalue weighted by Gasteiger charge is -2.41. The van der Waals surface area contributed by atoms with Crippen molar-refractivity contribution in [2.75, 3.05) is 44.8 Å². The number of likely N-dealkylation sites (tertiary alicyclic amines) is 1. The summed E-state index contributed by atoms with van der Waals surface area (Å²) in [4.78, 5) is 28.4. The molecule has 17 heteroatoms. The van der Waals surface area contributed by atoms with Crippen molar-refractivity contribution in [3.63, 3.8) is 0 Å². The van der Waals surface area contributed by atoms with Crippen LogP contribution in [0.3, 0.4) is 0 Å². The number of rotatable bonds is 4. The second-order valence-corrected chi connectivity index (χ2v) is 9.26. The molecule has 4 heterocycles. The minimum Gasteiger partial charge on any atom is -0.475 e. The number of aromatic nitrogens is 2. The van der Waals surface area contributed by atoms with Gasteiger partial charge in [-0.25, -0.2) is 23.9 Å². The van der Waals surface area contributed by atoms with Crippen LogP contribution in [-0.4, -0.2) is 100 Å². The number of hydrogen-bond donors (Lipinski definition) is 3. The van der Waals surface area contributed by atoms with Crippen molar-refractivity contribution in [1.29, 1.82) is 0 Å². The van der Waals surface area contributed by atoms with Crippen LogP contribution in [0.25, 0.3) is 0 Å². The predicted molar refractivity (Wildman–Crippen MR) is 119 cm³/mol. The molecule has 3 fully saturated rings. The molecular weight excluding hydrogens is 549 g/mol. The van der Waals surface area contributed by atoms with Crippen molar-refractivity contribution < 1.29 is 60.0 Å². The van der Waals surface area contributed by atoms with E-state index in [1.54, 1.807) is 0 Å². The van der Waals surface area contributed by atoms with E-state index in [2.05, 4.69) is 20.2 Å². The minimum absolute atomic E-state index is 0.0545. The van der Waals surface area contributed by atoms with E-state index < -0.39 is 30.1 Å². The maximum atomic E-state index is 12.9. The van der Waals surface area contributed by atoms with Crippen molar-refractivity contribution in [1.82, 2.24) is 14.9 Å². The van der Waals surface area contributed by atoms with Gasteiger partial charge in [-0.1, -0.05) is 0 Å². The van der Waals surface area contributed by atoms with Crippen LogP contribution in [-0.2, 0) is 19.1 Å². The van der Waals surface area contributed by atoms with Crippen LogP contribution in [0, 0.1) is 11.7 Å². The number of carboxylic acids is 2. The third-order valence-corrected chi connectivity index (χ3v) is 6.12. The fourth-order valence-electron chi connectivity index (χ4n) is 4.43. The van der Waals surface area contributed by atoms with Crippen LogP contribution in [0.5, 0.6) is 0 Å². The monoisotopic (exact) mass is 578 g/mol. The summed E-state index contributed by atoms with van der Waals surface area (Å²) in [5, 5.41) is 17.5. The van der Waals surface area contributed by atoms with Gasteiger partial charge in [0, 0.05) is 32.7 Å². The lowest BCUT2D eigenvalue weighted by molar-refractivity contribution is -0.193. The number of piperidine rings is 1. The van der Waals surface area contributed by atoms with Crippen LogP contribution in [0.15, 0.2) is 12.4 Å². The van der Waals surface area contributed by atoms with E-state index in [1.165, 1.54) is 38.2 Å². The molecule has 0 bridgehead atoms. The Morgan fingerprint density at radius 3 is 2.10 bits per heavy atom. The number of halogens is 7. The fraction of sp³-hybridized carbons (Fsp3) is 0.727. The molecule has 3 aliphatic rings. The van der Waals surface area contributed by atoms with Crippen molar-refractivity contribution in [3.05, 3.63) is 18.2 Å². The number of nitrogens with zero attached hydrogens (tertiary/aromatic N) is 3. The van der Waals surface area contributed by atoms with E-state index in [9.17, 15) is 30.7 Å². The molecule has 2 atom stereocenters. The largest absolute Gasteiger partial charge is 0.490 e. The minimum atomic E-state index is -5.08. The SMILES string of the molecule is Fc1cnc(NC2COC3(CCCN(CC4CCOCC4)C3)C2)nc1.O=C(O)C(F)(F)F.O=C(O)C(F)(F)F. The first-order valence-corrected chi connectivity index (χ1v) is 11.9. The van der Waals surface area contributed by atoms with Crippen molar-refractivity contribution in [3.8, 4) is 0 Å². The van der Waals surface area contributed by atoms with Gasteiger partial charge < -0.3 is 29.9 Å². The second-order valence-electron chi connectivity index (χ2n) is 9.26. The molecule has 0 radical (unpaired) electrons. The van der Waals surface area contributed by atoms with Gasteiger partial charge in [-0.3, -0.25) is 0 Å². The van der Waals surface area contributed by atoms with Gasteiger partial charge in [-0.15, -0.1) is 0 Å². The number of alkyl halides is 6. The van der Waals surface area contributed by atoms with Gasteiger partial charge in [-0.2, -0.15) is 26.3 Å². The van der Waals surface area contributed by atoms with Gasteiger partial charge in [0.25, 0.3) is 0 Å². The first-order valence-electron chi connectivity index (χ1n) is 11.9. The Kier molecular flexibility index (Phi) is 11.7. The van der Waals surface area contributed by atoms with Crippen LogP contribution < -0.4 is 5.32 Å². The van der Waals surface area contributed by atoms with E-state index in [4.69, 9.17) is 29.3 Å². The average Bonchev–Trinajstić information content (AvgIpc) is 3.22. The Balaban J connectivity index is 0.000000317. The number of ether oxygens (including phenoxy) is 2. The summed E-state index contributed by atoms with van der Waals surface area (Å²) in [6.07, 6.45) is -2.18. The molecule has 3 aliphatic heterocycles. The van der Waals surface area contributed by atoms with Gasteiger partial charge in [0.2, 0.25) is 5.95 Å². The third kappa shape index (κ3) is 11.5. The highest BCUT2D eigenvalue weighted by Gasteiger charge is 2.44. The molecule has 0 amide bonds. The number of carboxylic acid groups (broad SMARTS) is 2. The molecule has 4 rings (SSSR count). The molecule has 0 aliphatic carbocycles. The molecule has 0 aromatic carbocycles. The van der Waals surface area contributed by atoms with Crippen molar-refractivity contribution in [2.24, 2.45) is 5.92 Å². The highest BCUT2D eigenvalue weighted by molar-refractivity contribution is 5.73. The van der Waals surface area contributed by atoms with E-state index in [0.717, 1.165) is 45.1 Å². The first kappa shape index (κ1) is 32.4. The van der Waals surface area contributed by atoms with Gasteiger partial charge in [-0.05, 0) is 38.1 Å². The Labute approximate surface area is 218 Å². The number of anilines is 1. The molecule has 1 aromatic rings. The molecule has 1 aromatic heterocycles. The van der Waals surface area contributed by atoms with Crippen molar-refractivity contribution >= 4 is 17.9 Å². The standard InChI is InChI=1S/C18H27FN4O2.2C2HF3O2/c19-15-9-20-17(21-10-15)22-16-8-18(25-12-16)4-1-5-23(13-18)11-14-2-6-24-7-3-14;2*3-2(4,5)1(6)7/h9-10,14,16H,1-8,11-13H2,(H,20,21,22);2*(H,6,7). The molecule has 1 spiro atoms. The van der Waals surface area contributed by atoms with E-state index in [0.29, 0.717) is 12.6 Å². The zero-order valence-electron chi connectivity index (χ0n) is 20.6. The Morgan fingerprint density at radius 2 is 1.59 bits per heavy atom. The van der Waals surface area contributed by atoms with Gasteiger partial charge >= 0.3 is 24.3 Å². The van der Waals surface area contributed by atoms with Crippen LogP contribution in [0.2, 0.25) is 0 Å². The fourth-order valence-corrected chi connectivity index (χ4v) is 4.43. The number of nitrogens with one attached hydrogen (secondary N) is 1. The summed E-state index contributed by atoms with van der Waals surface area (Å²) in [5.41, 5.74) is -0.0545. The summed E-state index contributed by atoms with van der Waals surface area (Å²) in [7, 11) is 0. The lowest BCUT2D eigenvalue weighted by atomic mass is 9.87. The molecule has 10 nitrogen and oxygen atoms in total. The molecule has 3 saturated heterocycles. The summed E-state index contributed by atoms with van der Waals surface area (Å²) in [5.74, 6) is -4.70. The number of hydrogen-bond acceptors (Lipinski definition) is 8. The van der Waals surface area contributed by atoms with Gasteiger partial charge in [0.05, 0.1) is 30.6 Å². The molecule has 39 heavy (non-hydrogen) atoms. The summed E-state index contributed by atoms with van der Waals surface area (Å²) in [6, 6.07) is 0.188. The predicted octanol–water partition coefficient (Wildman–Crippen LogP) is 3.34. The van der Waals surface area contributed by atoms with Crippen molar-refractivity contribution in [2.45, 2.75) is 56.1 Å². The van der Waals surface area contributed by atoms with E-state index in [1.807, 2.05) is 0 Å². The summed E-state index contributed by atoms with van der Waals surface area (Å²) in [6.45, 7) is 5.81. The van der Waals surface area contributed by atoms with Crippen LogP contribution in [0.4, 0.5) is 36.7 Å². The molecule has 222 valence electrons. The zero-order chi connectivity index (χ0) is 29.3. The Hall–Kier alpha value is -2.79. The average molecular weight is 578 g/mol. The summed E-state index contributed by atoms with van der Waals surface area (Å²) < 4.78 is 88.1. The van der Waals surface area contributed by atoms with E-state index in [-0.39, 0.29) is 11.6 Å². The van der Waals surface area contributed by atoms with Crippen LogP contribution >= 0.6 is 0 Å². The second kappa shape index (κ2) is 14.0. The Bertz CT molecular complexity index is 905. The summed E-state index contributed by atoms with van der Waals surface area (Å²) >= 11 is 0. The maximum absolute atomic E-state index is 12.9. The number of aliphatic carboxylic acids is 2. The topological polar surface area (TPSA) is 134 Å². The normalized spacial score (nSPS) is 24.2. The quantitative estimate of drug-likeness (QED) is 0.457. The maximum Gasteiger partial charge on any atom is 0.490 e.